The predicted octanol–water partition coefficient (Wildman–Crippen LogP) is 2.76. The fourth-order valence-corrected chi connectivity index (χ4v) is 2.01. The lowest BCUT2D eigenvalue weighted by molar-refractivity contribution is -0.143. The molecule has 1 heterocycles. The number of nitrogens with zero attached hydrogens (tertiary/aromatic N) is 1. The maximum absolute atomic E-state index is 12.1. The van der Waals surface area contributed by atoms with Crippen LogP contribution in [0.2, 0.25) is 0 Å². The molecule has 1 aromatic rings. The normalized spacial score (nSPS) is 10.7. The molecule has 5 nitrogen and oxygen atoms in total. The molecule has 0 saturated carbocycles. The first-order valence-electron chi connectivity index (χ1n) is 6.41. The number of likely N-dealkylation sites (N-methyl/N-ethyl adjacent to an activating group) is 1. The molecule has 0 aliphatic carbocycles. The van der Waals surface area contributed by atoms with Gasteiger partial charge in [0, 0.05) is 6.54 Å². The van der Waals surface area contributed by atoms with Crippen molar-refractivity contribution in [3.05, 3.63) is 23.7 Å². The Morgan fingerprint density at radius 2 is 2.10 bits per heavy atom. The number of esters is 1. The van der Waals surface area contributed by atoms with Crippen LogP contribution in [0.5, 0.6) is 0 Å². The Hall–Kier alpha value is -1.57. The molecule has 0 atom stereocenters. The van der Waals surface area contributed by atoms with Gasteiger partial charge in [-0.2, -0.15) is 8.78 Å². The standard InChI is InChI=1S/C13H17F2NO4S/c1-3-16(7-11(17)19-4-2)12(18)10-6-5-9(20-10)8-21-13(14)15/h5-6,13H,3-4,7-8H2,1-2H3. The van der Waals surface area contributed by atoms with Crippen molar-refractivity contribution in [1.29, 1.82) is 0 Å². The first kappa shape index (κ1) is 17.5. The number of hydrogen-bond donors (Lipinski definition) is 0. The zero-order valence-corrected chi connectivity index (χ0v) is 12.6. The fraction of sp³-hybridized carbons (Fsp3) is 0.538. The minimum atomic E-state index is -2.50. The van der Waals surface area contributed by atoms with Gasteiger partial charge in [-0.1, -0.05) is 11.8 Å². The Morgan fingerprint density at radius 3 is 2.67 bits per heavy atom. The van der Waals surface area contributed by atoms with Crippen molar-refractivity contribution in [2.45, 2.75) is 25.4 Å². The second-order valence-electron chi connectivity index (χ2n) is 3.96. The molecule has 21 heavy (non-hydrogen) atoms. The van der Waals surface area contributed by atoms with Crippen LogP contribution in [-0.4, -0.2) is 42.2 Å². The molecule has 0 aliphatic heterocycles. The molecular weight excluding hydrogens is 304 g/mol. The number of carbonyl (C=O) groups excluding carboxylic acids is 2. The Kier molecular flexibility index (Phi) is 7.21. The van der Waals surface area contributed by atoms with Gasteiger partial charge in [-0.15, -0.1) is 0 Å². The van der Waals surface area contributed by atoms with Gasteiger partial charge < -0.3 is 14.1 Å². The quantitative estimate of drug-likeness (QED) is 0.689. The molecular formula is C13H17F2NO4S. The van der Waals surface area contributed by atoms with Gasteiger partial charge in [0.1, 0.15) is 12.3 Å². The van der Waals surface area contributed by atoms with E-state index < -0.39 is 17.6 Å². The molecule has 1 aromatic heterocycles. The van der Waals surface area contributed by atoms with Crippen molar-refractivity contribution in [3.8, 4) is 0 Å². The lowest BCUT2D eigenvalue weighted by atomic mass is 10.3. The Balaban J connectivity index is 2.65. The highest BCUT2D eigenvalue weighted by atomic mass is 32.2. The molecule has 118 valence electrons. The smallest absolute Gasteiger partial charge is 0.325 e. The Morgan fingerprint density at radius 1 is 1.38 bits per heavy atom. The topological polar surface area (TPSA) is 59.8 Å². The third-order valence-electron chi connectivity index (χ3n) is 2.52. The van der Waals surface area contributed by atoms with Crippen molar-refractivity contribution in [3.63, 3.8) is 0 Å². The van der Waals surface area contributed by atoms with Gasteiger partial charge in [-0.25, -0.2) is 0 Å². The van der Waals surface area contributed by atoms with Crippen LogP contribution in [-0.2, 0) is 15.3 Å². The number of rotatable bonds is 8. The highest BCUT2D eigenvalue weighted by Crippen LogP contribution is 2.21. The number of amides is 1. The number of hydrogen-bond acceptors (Lipinski definition) is 5. The van der Waals surface area contributed by atoms with E-state index in [0.717, 1.165) is 0 Å². The Bertz CT molecular complexity index is 478. The fourth-order valence-electron chi connectivity index (χ4n) is 1.56. The van der Waals surface area contributed by atoms with E-state index in [0.29, 0.717) is 18.3 Å². The number of alkyl halides is 2. The zero-order chi connectivity index (χ0) is 15.8. The van der Waals surface area contributed by atoms with Gasteiger partial charge in [0.15, 0.2) is 5.76 Å². The number of halogens is 2. The Labute approximate surface area is 125 Å². The number of furan rings is 1. The lowest BCUT2D eigenvalue weighted by Gasteiger charge is -2.18. The number of ether oxygens (including phenoxy) is 1. The molecule has 0 aliphatic rings. The lowest BCUT2D eigenvalue weighted by Crippen LogP contribution is -2.36. The number of carbonyl (C=O) groups is 2. The molecule has 0 radical (unpaired) electrons. The van der Waals surface area contributed by atoms with E-state index in [-0.39, 0.29) is 30.4 Å². The van der Waals surface area contributed by atoms with Gasteiger partial charge in [0.2, 0.25) is 0 Å². The van der Waals surface area contributed by atoms with E-state index in [4.69, 9.17) is 9.15 Å². The maximum Gasteiger partial charge on any atom is 0.325 e. The third kappa shape index (κ3) is 5.74. The third-order valence-corrected chi connectivity index (χ3v) is 3.22. The minimum absolute atomic E-state index is 0.0189. The van der Waals surface area contributed by atoms with Gasteiger partial charge in [-0.3, -0.25) is 9.59 Å². The van der Waals surface area contributed by atoms with Crippen LogP contribution in [0.3, 0.4) is 0 Å². The van der Waals surface area contributed by atoms with Crippen molar-refractivity contribution in [2.75, 3.05) is 19.7 Å². The summed E-state index contributed by atoms with van der Waals surface area (Å²) < 4.78 is 34.2. The summed E-state index contributed by atoms with van der Waals surface area (Å²) in [6.45, 7) is 3.76. The molecule has 1 rings (SSSR count). The van der Waals surface area contributed by atoms with E-state index >= 15 is 0 Å². The molecule has 0 aromatic carbocycles. The molecule has 1 amide bonds. The van der Waals surface area contributed by atoms with Crippen molar-refractivity contribution >= 4 is 23.6 Å². The van der Waals surface area contributed by atoms with E-state index in [9.17, 15) is 18.4 Å². The molecule has 0 bridgehead atoms. The summed E-state index contributed by atoms with van der Waals surface area (Å²) in [6, 6.07) is 2.89. The second kappa shape index (κ2) is 8.66. The SMILES string of the molecule is CCOC(=O)CN(CC)C(=O)c1ccc(CSC(F)F)o1. The summed E-state index contributed by atoms with van der Waals surface area (Å²) in [4.78, 5) is 24.8. The van der Waals surface area contributed by atoms with E-state index in [1.807, 2.05) is 0 Å². The van der Waals surface area contributed by atoms with E-state index in [1.165, 1.54) is 17.0 Å². The molecule has 8 heteroatoms. The zero-order valence-electron chi connectivity index (χ0n) is 11.8. The van der Waals surface area contributed by atoms with Crippen LogP contribution >= 0.6 is 11.8 Å². The summed E-state index contributed by atoms with van der Waals surface area (Å²) in [5.41, 5.74) is 0. The van der Waals surface area contributed by atoms with Gasteiger partial charge in [0.05, 0.1) is 12.4 Å². The van der Waals surface area contributed by atoms with Crippen molar-refractivity contribution in [1.82, 2.24) is 4.90 Å². The second-order valence-corrected chi connectivity index (χ2v) is 4.94. The highest BCUT2D eigenvalue weighted by molar-refractivity contribution is 7.98. The van der Waals surface area contributed by atoms with Gasteiger partial charge in [-0.05, 0) is 26.0 Å². The first-order valence-corrected chi connectivity index (χ1v) is 7.46. The summed E-state index contributed by atoms with van der Waals surface area (Å²) in [5, 5.41) is 0. The largest absolute Gasteiger partial charge is 0.465 e. The van der Waals surface area contributed by atoms with Crippen LogP contribution in [0.15, 0.2) is 16.5 Å². The van der Waals surface area contributed by atoms with Gasteiger partial charge >= 0.3 is 5.97 Å². The first-order chi connectivity index (χ1) is 9.97. The summed E-state index contributed by atoms with van der Waals surface area (Å²) in [7, 11) is 0. The maximum atomic E-state index is 12.1. The van der Waals surface area contributed by atoms with Crippen molar-refractivity contribution < 1.29 is 27.5 Å². The predicted molar refractivity (Wildman–Crippen MR) is 74.2 cm³/mol. The molecule has 0 saturated heterocycles. The molecule has 0 unspecified atom stereocenters. The van der Waals surface area contributed by atoms with E-state index in [1.54, 1.807) is 13.8 Å². The summed E-state index contributed by atoms with van der Waals surface area (Å²) in [5.74, 6) is -3.19. The number of thioether (sulfide) groups is 1. The monoisotopic (exact) mass is 321 g/mol. The van der Waals surface area contributed by atoms with Crippen LogP contribution in [0, 0.1) is 0 Å². The van der Waals surface area contributed by atoms with Gasteiger partial charge in [0.25, 0.3) is 11.7 Å². The summed E-state index contributed by atoms with van der Waals surface area (Å²) in [6.07, 6.45) is 0. The molecule has 0 fully saturated rings. The van der Waals surface area contributed by atoms with Crippen LogP contribution < -0.4 is 0 Å². The molecule has 0 N–H and O–H groups in total. The van der Waals surface area contributed by atoms with Crippen LogP contribution in [0.4, 0.5) is 8.78 Å². The van der Waals surface area contributed by atoms with E-state index in [2.05, 4.69) is 0 Å². The van der Waals surface area contributed by atoms with Crippen LogP contribution in [0.25, 0.3) is 0 Å². The average Bonchev–Trinajstić information content (AvgIpc) is 2.91. The highest BCUT2D eigenvalue weighted by Gasteiger charge is 2.21. The van der Waals surface area contributed by atoms with Crippen LogP contribution in [0.1, 0.15) is 30.2 Å². The average molecular weight is 321 g/mol. The van der Waals surface area contributed by atoms with Crippen molar-refractivity contribution in [2.24, 2.45) is 0 Å². The summed E-state index contributed by atoms with van der Waals surface area (Å²) >= 11 is 0.415. The minimum Gasteiger partial charge on any atom is -0.465 e. The molecule has 0 spiro atoms.